The Hall–Kier alpha value is -3.17. The van der Waals surface area contributed by atoms with Gasteiger partial charge in [0.2, 0.25) is 5.95 Å². The molecule has 0 aliphatic carbocycles. The van der Waals surface area contributed by atoms with E-state index in [1.807, 2.05) is 44.5 Å². The molecule has 4 rings (SSSR count). The van der Waals surface area contributed by atoms with Gasteiger partial charge in [-0.15, -0.1) is 0 Å². The van der Waals surface area contributed by atoms with Crippen LogP contribution in [0, 0.1) is 6.92 Å². The molecule has 0 amide bonds. The fraction of sp³-hybridized carbons (Fsp3) is 0.409. The summed E-state index contributed by atoms with van der Waals surface area (Å²) in [7, 11) is 3.47. The first-order valence-corrected chi connectivity index (χ1v) is 10.4. The largest absolute Gasteiger partial charge is 0.494 e. The van der Waals surface area contributed by atoms with Crippen molar-refractivity contribution in [2.45, 2.75) is 19.4 Å². The molecule has 9 nitrogen and oxygen atoms in total. The molecule has 0 radical (unpaired) electrons. The molecule has 3 heterocycles. The highest BCUT2D eigenvalue weighted by atomic mass is 16.5. The topological polar surface area (TPSA) is 110 Å². The van der Waals surface area contributed by atoms with Crippen molar-refractivity contribution in [3.63, 3.8) is 0 Å². The Morgan fingerprint density at radius 1 is 1.29 bits per heavy atom. The molecule has 2 aliphatic rings. The predicted molar refractivity (Wildman–Crippen MR) is 123 cm³/mol. The van der Waals surface area contributed by atoms with E-state index in [4.69, 9.17) is 20.2 Å². The van der Waals surface area contributed by atoms with Gasteiger partial charge in [-0.3, -0.25) is 9.89 Å². The molecule has 4 N–H and O–H groups in total. The zero-order valence-corrected chi connectivity index (χ0v) is 18.2. The Labute approximate surface area is 182 Å². The smallest absolute Gasteiger partial charge is 0.229 e. The number of aliphatic imine (C=N–C) groups is 1. The fourth-order valence-electron chi connectivity index (χ4n) is 3.59. The molecule has 1 aromatic carbocycles. The van der Waals surface area contributed by atoms with E-state index >= 15 is 0 Å². The van der Waals surface area contributed by atoms with Gasteiger partial charge in [0.05, 0.1) is 26.4 Å². The third-order valence-electron chi connectivity index (χ3n) is 5.50. The van der Waals surface area contributed by atoms with E-state index in [9.17, 15) is 0 Å². The average molecular weight is 424 g/mol. The van der Waals surface area contributed by atoms with E-state index in [1.165, 1.54) is 0 Å². The van der Waals surface area contributed by atoms with E-state index < -0.39 is 0 Å². The maximum atomic E-state index is 6.27. The van der Waals surface area contributed by atoms with Crippen LogP contribution in [-0.4, -0.2) is 67.6 Å². The second-order valence-corrected chi connectivity index (χ2v) is 7.70. The van der Waals surface area contributed by atoms with Gasteiger partial charge in [0.1, 0.15) is 17.3 Å². The quantitative estimate of drug-likeness (QED) is 0.583. The number of rotatable bonds is 7. The molecule has 164 valence electrons. The van der Waals surface area contributed by atoms with E-state index in [-0.39, 0.29) is 0 Å². The summed E-state index contributed by atoms with van der Waals surface area (Å²) in [6.45, 7) is 5.27. The summed E-state index contributed by atoms with van der Waals surface area (Å²) >= 11 is 0. The normalized spacial score (nSPS) is 17.6. The van der Waals surface area contributed by atoms with Crippen LogP contribution in [0.5, 0.6) is 5.75 Å². The molecular formula is C22H29N7O2. The lowest BCUT2D eigenvalue weighted by atomic mass is 10.0. The van der Waals surface area contributed by atoms with Gasteiger partial charge in [-0.2, -0.15) is 4.98 Å². The number of nitrogens with two attached hydrogens (primary N) is 1. The molecule has 31 heavy (non-hydrogen) atoms. The van der Waals surface area contributed by atoms with Crippen LogP contribution in [0.2, 0.25) is 0 Å². The maximum Gasteiger partial charge on any atom is 0.229 e. The van der Waals surface area contributed by atoms with Crippen LogP contribution in [0.3, 0.4) is 0 Å². The third kappa shape index (κ3) is 4.95. The number of nitrogens with zero attached hydrogens (tertiary/aromatic N) is 4. The number of anilines is 3. The van der Waals surface area contributed by atoms with Gasteiger partial charge in [0.15, 0.2) is 0 Å². The molecule has 2 aliphatic heterocycles. The highest BCUT2D eigenvalue weighted by molar-refractivity contribution is 5.84. The SMILES string of the molecule is CNc1cc(C)nc(Nc2ccc(OC)c(N=CC3=C(N)CCN(C4COC4)C3)c2)n1. The summed E-state index contributed by atoms with van der Waals surface area (Å²) in [5.74, 6) is 1.95. The Morgan fingerprint density at radius 3 is 2.84 bits per heavy atom. The minimum Gasteiger partial charge on any atom is -0.494 e. The summed E-state index contributed by atoms with van der Waals surface area (Å²) in [6.07, 6.45) is 2.69. The van der Waals surface area contributed by atoms with Crippen molar-refractivity contribution in [3.8, 4) is 5.75 Å². The fourth-order valence-corrected chi connectivity index (χ4v) is 3.59. The summed E-state index contributed by atoms with van der Waals surface area (Å²) in [4.78, 5) is 16.0. The number of aryl methyl sites for hydroxylation is 1. The Kier molecular flexibility index (Phi) is 6.34. The average Bonchev–Trinajstić information content (AvgIpc) is 2.72. The molecule has 0 atom stereocenters. The van der Waals surface area contributed by atoms with Crippen LogP contribution in [0.4, 0.5) is 23.1 Å². The molecule has 0 spiro atoms. The first kappa shape index (κ1) is 21.1. The van der Waals surface area contributed by atoms with Crippen molar-refractivity contribution in [2.75, 3.05) is 51.1 Å². The molecular weight excluding hydrogens is 394 g/mol. The van der Waals surface area contributed by atoms with E-state index in [2.05, 4.69) is 25.5 Å². The number of hydrogen-bond donors (Lipinski definition) is 3. The van der Waals surface area contributed by atoms with Crippen molar-refractivity contribution in [1.82, 2.24) is 14.9 Å². The van der Waals surface area contributed by atoms with Crippen LogP contribution < -0.4 is 21.1 Å². The molecule has 0 bridgehead atoms. The lowest BCUT2D eigenvalue weighted by molar-refractivity contribution is -0.0625. The Morgan fingerprint density at radius 2 is 2.13 bits per heavy atom. The van der Waals surface area contributed by atoms with Gasteiger partial charge < -0.3 is 25.8 Å². The standard InChI is InChI=1S/C22H29N7O2/c1-14-8-21(24-2)28-22(26-14)27-16-4-5-20(30-3)19(9-16)25-10-15-11-29(7-6-18(15)23)17-12-31-13-17/h4-5,8-10,17H,6-7,11-13,23H2,1-3H3,(H2,24,26,27,28). The Balaban J connectivity index is 1.54. The minimum atomic E-state index is 0.482. The van der Waals surface area contributed by atoms with Crippen LogP contribution >= 0.6 is 0 Å². The number of ether oxygens (including phenoxy) is 2. The van der Waals surface area contributed by atoms with Gasteiger partial charge in [-0.1, -0.05) is 0 Å². The van der Waals surface area contributed by atoms with E-state index in [0.717, 1.165) is 61.2 Å². The zero-order chi connectivity index (χ0) is 21.8. The summed E-state index contributed by atoms with van der Waals surface area (Å²) < 4.78 is 10.8. The monoisotopic (exact) mass is 423 g/mol. The molecule has 1 aromatic heterocycles. The van der Waals surface area contributed by atoms with E-state index in [0.29, 0.717) is 23.4 Å². The number of methoxy groups -OCH3 is 1. The lowest BCUT2D eigenvalue weighted by Crippen LogP contribution is -2.51. The Bertz CT molecular complexity index is 1000. The van der Waals surface area contributed by atoms with Gasteiger partial charge in [-0.25, -0.2) is 4.98 Å². The van der Waals surface area contributed by atoms with Gasteiger partial charge >= 0.3 is 0 Å². The summed E-state index contributed by atoms with van der Waals surface area (Å²) in [6, 6.07) is 8.07. The number of benzene rings is 1. The molecule has 9 heteroatoms. The number of hydrogen-bond acceptors (Lipinski definition) is 9. The van der Waals surface area contributed by atoms with Crippen LogP contribution in [0.25, 0.3) is 0 Å². The van der Waals surface area contributed by atoms with Crippen molar-refractivity contribution < 1.29 is 9.47 Å². The molecule has 0 saturated carbocycles. The van der Waals surface area contributed by atoms with Gasteiger partial charge in [0, 0.05) is 61.5 Å². The molecule has 2 aromatic rings. The predicted octanol–water partition coefficient (Wildman–Crippen LogP) is 2.60. The van der Waals surface area contributed by atoms with Crippen LogP contribution in [0.15, 0.2) is 40.5 Å². The molecule has 1 fully saturated rings. The second kappa shape index (κ2) is 9.32. The maximum absolute atomic E-state index is 6.27. The zero-order valence-electron chi connectivity index (χ0n) is 18.2. The summed E-state index contributed by atoms with van der Waals surface area (Å²) in [5, 5.41) is 6.29. The first-order chi connectivity index (χ1) is 15.1. The minimum absolute atomic E-state index is 0.482. The van der Waals surface area contributed by atoms with Gasteiger partial charge in [0.25, 0.3) is 0 Å². The highest BCUT2D eigenvalue weighted by Crippen LogP contribution is 2.32. The number of aromatic nitrogens is 2. The van der Waals surface area contributed by atoms with Crippen molar-refractivity contribution in [2.24, 2.45) is 10.7 Å². The van der Waals surface area contributed by atoms with Crippen molar-refractivity contribution >= 4 is 29.4 Å². The first-order valence-electron chi connectivity index (χ1n) is 10.4. The second-order valence-electron chi connectivity index (χ2n) is 7.70. The lowest BCUT2D eigenvalue weighted by Gasteiger charge is -2.39. The van der Waals surface area contributed by atoms with Crippen molar-refractivity contribution in [3.05, 3.63) is 41.2 Å². The van der Waals surface area contributed by atoms with Crippen LogP contribution in [0.1, 0.15) is 12.1 Å². The van der Waals surface area contributed by atoms with E-state index in [1.54, 1.807) is 7.11 Å². The molecule has 1 saturated heterocycles. The summed E-state index contributed by atoms with van der Waals surface area (Å²) in [5.41, 5.74) is 10.6. The van der Waals surface area contributed by atoms with Crippen LogP contribution in [-0.2, 0) is 4.74 Å². The highest BCUT2D eigenvalue weighted by Gasteiger charge is 2.28. The van der Waals surface area contributed by atoms with Gasteiger partial charge in [-0.05, 0) is 25.1 Å². The number of nitrogens with one attached hydrogen (secondary N) is 2. The van der Waals surface area contributed by atoms with Crippen molar-refractivity contribution in [1.29, 1.82) is 0 Å². The third-order valence-corrected chi connectivity index (χ3v) is 5.50. The molecule has 0 unspecified atom stereocenters.